The average Bonchev–Trinajstić information content (AvgIpc) is 2.40. The standard InChI is InChI=1S/C16H17FN2OS/c1-10-3-4-14(5-11(10)2)19-16(20)9-21-15-7-12(17)6-13(18)8-15/h3-8H,9,18H2,1-2H3,(H,19,20). The predicted molar refractivity (Wildman–Crippen MR) is 86.1 cm³/mol. The lowest BCUT2D eigenvalue weighted by molar-refractivity contribution is -0.113. The molecular weight excluding hydrogens is 287 g/mol. The Morgan fingerprint density at radius 3 is 2.62 bits per heavy atom. The molecule has 2 aromatic rings. The number of anilines is 2. The fraction of sp³-hybridized carbons (Fsp3) is 0.188. The van der Waals surface area contributed by atoms with Gasteiger partial charge in [0.15, 0.2) is 0 Å². The molecule has 0 unspecified atom stereocenters. The van der Waals surface area contributed by atoms with Crippen LogP contribution >= 0.6 is 11.8 Å². The van der Waals surface area contributed by atoms with Gasteiger partial charge in [0, 0.05) is 16.3 Å². The Hall–Kier alpha value is -2.01. The molecule has 110 valence electrons. The van der Waals surface area contributed by atoms with Crippen molar-refractivity contribution in [1.82, 2.24) is 0 Å². The van der Waals surface area contributed by atoms with Gasteiger partial charge in [-0.1, -0.05) is 6.07 Å². The van der Waals surface area contributed by atoms with E-state index < -0.39 is 5.82 Å². The first-order chi connectivity index (χ1) is 9.94. The number of nitrogens with one attached hydrogen (secondary N) is 1. The van der Waals surface area contributed by atoms with Gasteiger partial charge in [0.2, 0.25) is 5.91 Å². The first kappa shape index (κ1) is 15.4. The Balaban J connectivity index is 1.94. The molecule has 0 radical (unpaired) electrons. The highest BCUT2D eigenvalue weighted by Crippen LogP contribution is 2.22. The minimum atomic E-state index is -0.396. The molecule has 0 heterocycles. The predicted octanol–water partition coefficient (Wildman–Crippen LogP) is 3.76. The van der Waals surface area contributed by atoms with Gasteiger partial charge in [-0.3, -0.25) is 4.79 Å². The number of benzene rings is 2. The summed E-state index contributed by atoms with van der Waals surface area (Å²) in [7, 11) is 0. The number of hydrogen-bond donors (Lipinski definition) is 2. The van der Waals surface area contributed by atoms with E-state index >= 15 is 0 Å². The van der Waals surface area contributed by atoms with E-state index in [0.717, 1.165) is 11.3 Å². The molecule has 0 aromatic heterocycles. The van der Waals surface area contributed by atoms with E-state index in [2.05, 4.69) is 5.32 Å². The van der Waals surface area contributed by atoms with E-state index in [4.69, 9.17) is 5.73 Å². The number of nitrogens with two attached hydrogens (primary N) is 1. The minimum Gasteiger partial charge on any atom is -0.399 e. The molecule has 5 heteroatoms. The molecule has 3 nitrogen and oxygen atoms in total. The van der Waals surface area contributed by atoms with Crippen LogP contribution in [0.1, 0.15) is 11.1 Å². The van der Waals surface area contributed by atoms with Crippen molar-refractivity contribution in [1.29, 1.82) is 0 Å². The van der Waals surface area contributed by atoms with Crippen molar-refractivity contribution >= 4 is 29.0 Å². The van der Waals surface area contributed by atoms with E-state index in [-0.39, 0.29) is 11.7 Å². The smallest absolute Gasteiger partial charge is 0.234 e. The largest absolute Gasteiger partial charge is 0.399 e. The number of carbonyl (C=O) groups excluding carboxylic acids is 1. The fourth-order valence-electron chi connectivity index (χ4n) is 1.83. The van der Waals surface area contributed by atoms with Crippen molar-refractivity contribution in [2.75, 3.05) is 16.8 Å². The van der Waals surface area contributed by atoms with Crippen LogP contribution in [-0.4, -0.2) is 11.7 Å². The van der Waals surface area contributed by atoms with Gasteiger partial charge in [-0.2, -0.15) is 0 Å². The molecule has 2 aromatic carbocycles. The zero-order chi connectivity index (χ0) is 15.4. The summed E-state index contributed by atoms with van der Waals surface area (Å²) in [6.07, 6.45) is 0. The van der Waals surface area contributed by atoms with Crippen molar-refractivity contribution in [3.63, 3.8) is 0 Å². The normalized spacial score (nSPS) is 10.4. The van der Waals surface area contributed by atoms with Crippen LogP contribution in [0.5, 0.6) is 0 Å². The van der Waals surface area contributed by atoms with Gasteiger partial charge in [-0.15, -0.1) is 11.8 Å². The molecular formula is C16H17FN2OS. The highest BCUT2D eigenvalue weighted by molar-refractivity contribution is 8.00. The van der Waals surface area contributed by atoms with E-state index in [1.807, 2.05) is 32.0 Å². The van der Waals surface area contributed by atoms with Gasteiger partial charge in [0.1, 0.15) is 5.82 Å². The highest BCUT2D eigenvalue weighted by atomic mass is 32.2. The highest BCUT2D eigenvalue weighted by Gasteiger charge is 2.06. The van der Waals surface area contributed by atoms with Crippen molar-refractivity contribution < 1.29 is 9.18 Å². The van der Waals surface area contributed by atoms with E-state index in [0.29, 0.717) is 10.6 Å². The van der Waals surface area contributed by atoms with Gasteiger partial charge < -0.3 is 11.1 Å². The van der Waals surface area contributed by atoms with Gasteiger partial charge in [0.25, 0.3) is 0 Å². The van der Waals surface area contributed by atoms with Crippen LogP contribution in [0.3, 0.4) is 0 Å². The summed E-state index contributed by atoms with van der Waals surface area (Å²) >= 11 is 1.25. The van der Waals surface area contributed by atoms with Gasteiger partial charge in [0.05, 0.1) is 5.75 Å². The summed E-state index contributed by atoms with van der Waals surface area (Å²) in [6.45, 7) is 4.01. The molecule has 21 heavy (non-hydrogen) atoms. The van der Waals surface area contributed by atoms with E-state index in [9.17, 15) is 9.18 Å². The Morgan fingerprint density at radius 2 is 1.95 bits per heavy atom. The van der Waals surface area contributed by atoms with E-state index in [1.165, 1.54) is 29.5 Å². The summed E-state index contributed by atoms with van der Waals surface area (Å²) in [5.74, 6) is -0.325. The van der Waals surface area contributed by atoms with Gasteiger partial charge >= 0.3 is 0 Å². The molecule has 0 aliphatic rings. The van der Waals surface area contributed by atoms with Gasteiger partial charge in [-0.05, 0) is 55.3 Å². The molecule has 1 amide bonds. The van der Waals surface area contributed by atoms with Crippen LogP contribution in [0, 0.1) is 19.7 Å². The molecule has 3 N–H and O–H groups in total. The Bertz CT molecular complexity index is 653. The molecule has 0 aliphatic heterocycles. The number of hydrogen-bond acceptors (Lipinski definition) is 3. The Labute approximate surface area is 127 Å². The molecule has 2 rings (SSSR count). The summed E-state index contributed by atoms with van der Waals surface area (Å²) in [5.41, 5.74) is 8.99. The Morgan fingerprint density at radius 1 is 1.19 bits per heavy atom. The number of halogens is 1. The Kier molecular flexibility index (Phi) is 4.85. The average molecular weight is 304 g/mol. The van der Waals surface area contributed by atoms with Crippen molar-refractivity contribution in [3.05, 3.63) is 53.3 Å². The van der Waals surface area contributed by atoms with Crippen LogP contribution in [0.4, 0.5) is 15.8 Å². The molecule has 0 bridgehead atoms. The summed E-state index contributed by atoms with van der Waals surface area (Å²) in [4.78, 5) is 12.5. The maximum absolute atomic E-state index is 13.2. The van der Waals surface area contributed by atoms with Crippen LogP contribution in [0.2, 0.25) is 0 Å². The second-order valence-electron chi connectivity index (χ2n) is 4.86. The SMILES string of the molecule is Cc1ccc(NC(=O)CSc2cc(N)cc(F)c2)cc1C. The lowest BCUT2D eigenvalue weighted by Gasteiger charge is -2.08. The van der Waals surface area contributed by atoms with E-state index in [1.54, 1.807) is 6.07 Å². The number of nitrogen functional groups attached to an aromatic ring is 1. The van der Waals surface area contributed by atoms with Crippen LogP contribution < -0.4 is 11.1 Å². The fourth-order valence-corrected chi connectivity index (χ4v) is 2.62. The summed E-state index contributed by atoms with van der Waals surface area (Å²) in [6, 6.07) is 10.0. The molecule has 0 spiro atoms. The molecule has 0 atom stereocenters. The lowest BCUT2D eigenvalue weighted by Crippen LogP contribution is -2.14. The molecule has 0 fully saturated rings. The van der Waals surface area contributed by atoms with Crippen LogP contribution in [0.25, 0.3) is 0 Å². The number of aryl methyl sites for hydroxylation is 2. The first-order valence-electron chi connectivity index (χ1n) is 6.50. The maximum atomic E-state index is 13.2. The molecule has 0 aliphatic carbocycles. The second kappa shape index (κ2) is 6.63. The van der Waals surface area contributed by atoms with Crippen molar-refractivity contribution in [2.45, 2.75) is 18.7 Å². The second-order valence-corrected chi connectivity index (χ2v) is 5.90. The minimum absolute atomic E-state index is 0.133. The maximum Gasteiger partial charge on any atom is 0.234 e. The third-order valence-corrected chi connectivity index (χ3v) is 4.03. The molecule has 0 saturated carbocycles. The van der Waals surface area contributed by atoms with Crippen molar-refractivity contribution in [2.24, 2.45) is 0 Å². The van der Waals surface area contributed by atoms with Gasteiger partial charge in [-0.25, -0.2) is 4.39 Å². The summed E-state index contributed by atoms with van der Waals surface area (Å²) in [5, 5.41) is 2.82. The lowest BCUT2D eigenvalue weighted by atomic mass is 10.1. The summed E-state index contributed by atoms with van der Waals surface area (Å²) < 4.78 is 13.2. The number of thioether (sulfide) groups is 1. The quantitative estimate of drug-likeness (QED) is 0.668. The zero-order valence-electron chi connectivity index (χ0n) is 11.9. The number of amides is 1. The topological polar surface area (TPSA) is 55.1 Å². The van der Waals surface area contributed by atoms with Crippen LogP contribution in [-0.2, 0) is 4.79 Å². The van der Waals surface area contributed by atoms with Crippen molar-refractivity contribution in [3.8, 4) is 0 Å². The monoisotopic (exact) mass is 304 g/mol. The third kappa shape index (κ3) is 4.49. The first-order valence-corrected chi connectivity index (χ1v) is 7.48. The number of rotatable bonds is 4. The number of carbonyl (C=O) groups is 1. The van der Waals surface area contributed by atoms with Crippen LogP contribution in [0.15, 0.2) is 41.3 Å². The molecule has 0 saturated heterocycles. The zero-order valence-corrected chi connectivity index (χ0v) is 12.8. The third-order valence-electron chi connectivity index (χ3n) is 3.05.